The van der Waals surface area contributed by atoms with E-state index in [1.165, 1.54) is 54.6 Å². The molecule has 0 unspecified atom stereocenters. The van der Waals surface area contributed by atoms with Crippen molar-refractivity contribution in [3.05, 3.63) is 29.3 Å². The molecule has 0 amide bonds. The molecule has 0 N–H and O–H groups in total. The lowest BCUT2D eigenvalue weighted by Crippen LogP contribution is -2.05. The fourth-order valence-electron chi connectivity index (χ4n) is 2.20. The van der Waals surface area contributed by atoms with Crippen LogP contribution in [0.15, 0.2) is 18.2 Å². The van der Waals surface area contributed by atoms with Crippen LogP contribution in [0.25, 0.3) is 0 Å². The number of unbranched alkanes of at least 4 members (excludes halogenated alkanes) is 3. The lowest BCUT2D eigenvalue weighted by atomic mass is 10.1. The molecule has 1 nitrogen and oxygen atoms in total. The van der Waals surface area contributed by atoms with Crippen LogP contribution in [0.3, 0.4) is 0 Å². The van der Waals surface area contributed by atoms with Crippen LogP contribution in [-0.4, -0.2) is 16.1 Å². The van der Waals surface area contributed by atoms with Crippen LogP contribution in [0, 0.1) is 0 Å². The first kappa shape index (κ1) is 16.3. The monoisotopic (exact) mass is 276 g/mol. The fraction of sp³-hybridized carbons (Fsp3) is 0.647. The van der Waals surface area contributed by atoms with Crippen LogP contribution in [0.4, 0.5) is 0 Å². The average Bonchev–Trinajstić information content (AvgIpc) is 2.45. The fourth-order valence-corrected chi connectivity index (χ4v) is 3.00. The average molecular weight is 276 g/mol. The van der Waals surface area contributed by atoms with Gasteiger partial charge in [0.25, 0.3) is 0 Å². The van der Waals surface area contributed by atoms with Gasteiger partial charge in [0.05, 0.1) is 6.61 Å². The minimum atomic E-state index is 0.874. The van der Waals surface area contributed by atoms with Crippen LogP contribution in [-0.2, 0) is 12.5 Å². The summed E-state index contributed by atoms with van der Waals surface area (Å²) in [4.78, 5) is 0. The Balaban J connectivity index is 2.60. The maximum absolute atomic E-state index is 6.11. The first-order valence-electron chi connectivity index (χ1n) is 7.77. The van der Waals surface area contributed by atoms with Gasteiger partial charge in [-0.05, 0) is 30.0 Å². The Morgan fingerprint density at radius 3 is 2.47 bits per heavy atom. The zero-order valence-electron chi connectivity index (χ0n) is 12.8. The molecule has 0 aliphatic rings. The smallest absolute Gasteiger partial charge is 0.125 e. The predicted octanol–water partition coefficient (Wildman–Crippen LogP) is 4.85. The number of benzene rings is 1. The number of hydrogen-bond donors (Lipinski definition) is 0. The zero-order chi connectivity index (χ0) is 13.9. The van der Waals surface area contributed by atoms with Gasteiger partial charge in [-0.3, -0.25) is 0 Å². The van der Waals surface area contributed by atoms with Crippen LogP contribution < -0.4 is 4.74 Å². The maximum Gasteiger partial charge on any atom is 0.125 e. The Labute approximate surface area is 121 Å². The number of rotatable bonds is 10. The van der Waals surface area contributed by atoms with Gasteiger partial charge in [0.1, 0.15) is 5.75 Å². The van der Waals surface area contributed by atoms with Crippen LogP contribution in [0.2, 0.25) is 6.04 Å². The second-order valence-corrected chi connectivity index (χ2v) is 6.51. The summed E-state index contributed by atoms with van der Waals surface area (Å²) in [5, 5.41) is 0. The summed E-state index contributed by atoms with van der Waals surface area (Å²) in [6.07, 6.45) is 6.14. The number of aryl methyl sites for hydroxylation is 1. The van der Waals surface area contributed by atoms with Gasteiger partial charge in [0, 0.05) is 9.52 Å². The first-order valence-corrected chi connectivity index (χ1v) is 9.19. The minimum absolute atomic E-state index is 0.874. The van der Waals surface area contributed by atoms with E-state index in [1.807, 2.05) is 0 Å². The number of para-hydroxylation sites is 1. The van der Waals surface area contributed by atoms with Crippen LogP contribution in [0.1, 0.15) is 57.6 Å². The van der Waals surface area contributed by atoms with E-state index < -0.39 is 0 Å². The lowest BCUT2D eigenvalue weighted by molar-refractivity contribution is 0.300. The van der Waals surface area contributed by atoms with E-state index in [1.54, 1.807) is 0 Å². The largest absolute Gasteiger partial charge is 0.493 e. The molecule has 19 heavy (non-hydrogen) atoms. The van der Waals surface area contributed by atoms with Crippen LogP contribution in [0.5, 0.6) is 5.75 Å². The van der Waals surface area contributed by atoms with E-state index in [0.717, 1.165) is 22.5 Å². The van der Waals surface area contributed by atoms with Gasteiger partial charge in [-0.15, -0.1) is 0 Å². The van der Waals surface area contributed by atoms with Crippen molar-refractivity contribution in [1.29, 1.82) is 0 Å². The van der Waals surface area contributed by atoms with Gasteiger partial charge in [-0.2, -0.15) is 0 Å². The van der Waals surface area contributed by atoms with Gasteiger partial charge in [-0.25, -0.2) is 0 Å². The molecule has 0 aliphatic carbocycles. The third-order valence-corrected chi connectivity index (χ3v) is 4.50. The molecule has 0 heterocycles. The van der Waals surface area contributed by atoms with E-state index >= 15 is 0 Å². The van der Waals surface area contributed by atoms with E-state index in [9.17, 15) is 0 Å². The topological polar surface area (TPSA) is 9.23 Å². The SMILES string of the molecule is CCCCCCOc1c(CC)cccc1C[Si]CC. The Hall–Kier alpha value is -0.763. The molecule has 0 fully saturated rings. The molecule has 0 spiro atoms. The summed E-state index contributed by atoms with van der Waals surface area (Å²) in [7, 11) is 1.01. The lowest BCUT2D eigenvalue weighted by Gasteiger charge is -2.15. The highest BCUT2D eigenvalue weighted by atomic mass is 28.2. The highest BCUT2D eigenvalue weighted by molar-refractivity contribution is 6.34. The Morgan fingerprint density at radius 2 is 1.79 bits per heavy atom. The molecule has 2 heteroatoms. The molecule has 0 saturated carbocycles. The maximum atomic E-state index is 6.11. The van der Waals surface area contributed by atoms with Gasteiger partial charge < -0.3 is 4.74 Å². The quantitative estimate of drug-likeness (QED) is 0.438. The summed E-state index contributed by atoms with van der Waals surface area (Å²) < 4.78 is 6.11. The van der Waals surface area contributed by atoms with Crippen molar-refractivity contribution in [2.75, 3.05) is 6.61 Å². The Morgan fingerprint density at radius 1 is 1.00 bits per heavy atom. The van der Waals surface area contributed by atoms with Crippen molar-refractivity contribution in [1.82, 2.24) is 0 Å². The molecular weight excluding hydrogens is 248 g/mol. The van der Waals surface area contributed by atoms with Crippen molar-refractivity contribution < 1.29 is 4.74 Å². The summed E-state index contributed by atoms with van der Waals surface area (Å²) in [6.45, 7) is 7.59. The molecule has 0 bridgehead atoms. The highest BCUT2D eigenvalue weighted by Crippen LogP contribution is 2.25. The molecule has 2 radical (unpaired) electrons. The second kappa shape index (κ2) is 10.1. The van der Waals surface area contributed by atoms with Gasteiger partial charge in [0.2, 0.25) is 0 Å². The standard InChI is InChI=1S/C17H28OSi/c1-4-7-8-9-13-18-17-15(5-2)11-10-12-16(17)14-19-6-3/h10-12H,4-9,13-14H2,1-3H3. The Bertz CT molecular complexity index is 349. The molecule has 0 aliphatic heterocycles. The van der Waals surface area contributed by atoms with Crippen molar-refractivity contribution >= 4 is 9.52 Å². The third kappa shape index (κ3) is 5.81. The van der Waals surface area contributed by atoms with E-state index in [4.69, 9.17) is 4.74 Å². The van der Waals surface area contributed by atoms with Crippen molar-refractivity contribution in [3.8, 4) is 5.75 Å². The molecular formula is C17H28OSi. The zero-order valence-corrected chi connectivity index (χ0v) is 13.8. The molecule has 1 aromatic rings. The third-order valence-electron chi connectivity index (χ3n) is 3.37. The molecule has 0 atom stereocenters. The molecule has 0 aromatic heterocycles. The van der Waals surface area contributed by atoms with Gasteiger partial charge in [0.15, 0.2) is 0 Å². The van der Waals surface area contributed by atoms with Crippen molar-refractivity contribution in [3.63, 3.8) is 0 Å². The normalized spacial score (nSPS) is 10.7. The summed E-state index contributed by atoms with van der Waals surface area (Å²) in [5.74, 6) is 1.18. The van der Waals surface area contributed by atoms with E-state index in [2.05, 4.69) is 39.0 Å². The summed E-state index contributed by atoms with van der Waals surface area (Å²) >= 11 is 0. The van der Waals surface area contributed by atoms with Gasteiger partial charge in [-0.1, -0.05) is 64.3 Å². The summed E-state index contributed by atoms with van der Waals surface area (Å²) in [5.41, 5.74) is 2.78. The highest BCUT2D eigenvalue weighted by Gasteiger charge is 2.08. The van der Waals surface area contributed by atoms with Gasteiger partial charge >= 0.3 is 0 Å². The van der Waals surface area contributed by atoms with Crippen LogP contribution >= 0.6 is 0 Å². The Kier molecular flexibility index (Phi) is 8.64. The van der Waals surface area contributed by atoms with E-state index in [0.29, 0.717) is 0 Å². The van der Waals surface area contributed by atoms with Crippen molar-refractivity contribution in [2.45, 2.75) is 65.0 Å². The molecule has 1 rings (SSSR count). The molecule has 1 aromatic carbocycles. The minimum Gasteiger partial charge on any atom is -0.493 e. The van der Waals surface area contributed by atoms with E-state index in [-0.39, 0.29) is 0 Å². The molecule has 106 valence electrons. The predicted molar refractivity (Wildman–Crippen MR) is 85.4 cm³/mol. The second-order valence-electron chi connectivity index (χ2n) is 4.95. The molecule has 0 saturated heterocycles. The first-order chi connectivity index (χ1) is 9.33. The van der Waals surface area contributed by atoms with Crippen molar-refractivity contribution in [2.24, 2.45) is 0 Å². The summed E-state index contributed by atoms with van der Waals surface area (Å²) in [6, 6.07) is 9.07. The number of ether oxygens (including phenoxy) is 1. The number of hydrogen-bond acceptors (Lipinski definition) is 1.